The third-order valence-electron chi connectivity index (χ3n) is 6.43. The van der Waals surface area contributed by atoms with Crippen molar-refractivity contribution < 1.29 is 23.9 Å². The quantitative estimate of drug-likeness (QED) is 0.674. The van der Waals surface area contributed by atoms with Gasteiger partial charge < -0.3 is 19.9 Å². The molecule has 0 bridgehead atoms. The van der Waals surface area contributed by atoms with Gasteiger partial charge in [0.2, 0.25) is 11.8 Å². The number of nitrogens with one attached hydrogen (secondary N) is 2. The van der Waals surface area contributed by atoms with Crippen LogP contribution in [0.1, 0.15) is 62.4 Å². The summed E-state index contributed by atoms with van der Waals surface area (Å²) >= 11 is 0. The summed E-state index contributed by atoms with van der Waals surface area (Å²) in [6, 6.07) is 4.97. The molecule has 0 spiro atoms. The Balaban J connectivity index is 1.34. The van der Waals surface area contributed by atoms with Gasteiger partial charge in [0.15, 0.2) is 0 Å². The van der Waals surface area contributed by atoms with Crippen molar-refractivity contribution in [3.05, 3.63) is 29.3 Å². The van der Waals surface area contributed by atoms with Crippen LogP contribution in [-0.2, 0) is 20.9 Å². The monoisotopic (exact) mass is 456 g/mol. The molecular weight excluding hydrogens is 424 g/mol. The molecule has 33 heavy (non-hydrogen) atoms. The van der Waals surface area contributed by atoms with E-state index in [1.165, 1.54) is 0 Å². The Morgan fingerprint density at radius 2 is 1.88 bits per heavy atom. The third kappa shape index (κ3) is 5.12. The lowest BCUT2D eigenvalue weighted by atomic mass is 9.96. The highest BCUT2D eigenvalue weighted by Gasteiger charge is 2.40. The van der Waals surface area contributed by atoms with Crippen LogP contribution in [0.25, 0.3) is 0 Å². The number of fused-ring (bicyclic) bond motifs is 1. The molecule has 1 aromatic rings. The van der Waals surface area contributed by atoms with Gasteiger partial charge in [-0.25, -0.2) is 4.79 Å². The van der Waals surface area contributed by atoms with Gasteiger partial charge in [-0.3, -0.25) is 19.7 Å². The van der Waals surface area contributed by atoms with Crippen LogP contribution < -0.4 is 10.6 Å². The summed E-state index contributed by atoms with van der Waals surface area (Å²) in [7, 11) is 0. The van der Waals surface area contributed by atoms with E-state index in [0.717, 1.165) is 30.6 Å². The molecule has 4 amide bonds. The molecule has 2 N–H and O–H groups in total. The van der Waals surface area contributed by atoms with E-state index in [2.05, 4.69) is 10.6 Å². The maximum absolute atomic E-state index is 13.0. The number of carbonyl (C=O) groups excluding carboxylic acids is 4. The van der Waals surface area contributed by atoms with Gasteiger partial charge in [0.1, 0.15) is 11.6 Å². The number of likely N-dealkylation sites (tertiary alicyclic amines) is 1. The molecule has 3 aliphatic heterocycles. The Labute approximate surface area is 193 Å². The van der Waals surface area contributed by atoms with Gasteiger partial charge in [-0.2, -0.15) is 0 Å². The van der Waals surface area contributed by atoms with Crippen molar-refractivity contribution in [2.75, 3.05) is 25.0 Å². The van der Waals surface area contributed by atoms with Crippen molar-refractivity contribution in [2.24, 2.45) is 5.92 Å². The first-order valence-electron chi connectivity index (χ1n) is 11.6. The highest BCUT2D eigenvalue weighted by atomic mass is 16.6. The fraction of sp³-hybridized carbons (Fsp3) is 0.583. The van der Waals surface area contributed by atoms with Crippen LogP contribution in [0.4, 0.5) is 10.5 Å². The lowest BCUT2D eigenvalue weighted by molar-refractivity contribution is -0.136. The summed E-state index contributed by atoms with van der Waals surface area (Å²) in [6.45, 7) is 8.02. The van der Waals surface area contributed by atoms with E-state index in [1.807, 2.05) is 32.9 Å². The molecule has 0 saturated carbocycles. The predicted octanol–water partition coefficient (Wildman–Crippen LogP) is 2.51. The van der Waals surface area contributed by atoms with Crippen LogP contribution in [-0.4, -0.2) is 64.9 Å². The van der Waals surface area contributed by atoms with Gasteiger partial charge in [0.05, 0.1) is 0 Å². The fourth-order valence-electron chi connectivity index (χ4n) is 4.65. The topological polar surface area (TPSA) is 108 Å². The minimum atomic E-state index is -0.618. The van der Waals surface area contributed by atoms with Crippen LogP contribution in [0.3, 0.4) is 0 Å². The summed E-state index contributed by atoms with van der Waals surface area (Å²) in [5.74, 6) is -0.462. The molecule has 2 saturated heterocycles. The molecule has 3 aliphatic rings. The molecule has 2 fully saturated rings. The summed E-state index contributed by atoms with van der Waals surface area (Å²) in [5.41, 5.74) is 1.88. The molecule has 1 unspecified atom stereocenters. The molecule has 1 atom stereocenters. The summed E-state index contributed by atoms with van der Waals surface area (Å²) in [5, 5.41) is 5.83. The third-order valence-corrected chi connectivity index (χ3v) is 6.43. The number of amides is 4. The van der Waals surface area contributed by atoms with Gasteiger partial charge in [-0.15, -0.1) is 0 Å². The number of imide groups is 1. The highest BCUT2D eigenvalue weighted by molar-refractivity contribution is 6.06. The molecular formula is C24H32N4O5. The lowest BCUT2D eigenvalue weighted by Crippen LogP contribution is -2.52. The number of carbonyl (C=O) groups is 4. The number of piperidine rings is 2. The second-order valence-corrected chi connectivity index (χ2v) is 10.0. The Kier molecular flexibility index (Phi) is 6.32. The van der Waals surface area contributed by atoms with Crippen LogP contribution >= 0.6 is 0 Å². The van der Waals surface area contributed by atoms with Crippen molar-refractivity contribution >= 4 is 29.5 Å². The van der Waals surface area contributed by atoms with E-state index in [0.29, 0.717) is 37.5 Å². The zero-order valence-electron chi connectivity index (χ0n) is 19.5. The first kappa shape index (κ1) is 23.1. The molecule has 0 aromatic heterocycles. The van der Waals surface area contributed by atoms with E-state index >= 15 is 0 Å². The van der Waals surface area contributed by atoms with Crippen molar-refractivity contribution in [1.29, 1.82) is 0 Å². The molecule has 9 heteroatoms. The number of rotatable bonds is 4. The number of nitrogens with zero attached hydrogens (tertiary/aromatic N) is 2. The van der Waals surface area contributed by atoms with Gasteiger partial charge >= 0.3 is 6.09 Å². The largest absolute Gasteiger partial charge is 0.444 e. The molecule has 9 nitrogen and oxygen atoms in total. The minimum Gasteiger partial charge on any atom is -0.444 e. The molecule has 1 aromatic carbocycles. The number of anilines is 1. The maximum atomic E-state index is 13.0. The SMILES string of the molecule is CC(C)(C)OC(=O)N1CCC(CNc2cccc3c2CN(C2CCC(=O)NC2=O)C3=O)CC1. The van der Waals surface area contributed by atoms with Gasteiger partial charge in [0.25, 0.3) is 5.91 Å². The Morgan fingerprint density at radius 3 is 2.55 bits per heavy atom. The Bertz CT molecular complexity index is 962. The normalized spacial score (nSPS) is 21.7. The molecule has 0 aliphatic carbocycles. The highest BCUT2D eigenvalue weighted by Crippen LogP contribution is 2.32. The number of hydrogen-bond acceptors (Lipinski definition) is 6. The summed E-state index contributed by atoms with van der Waals surface area (Å²) < 4.78 is 5.46. The molecule has 178 valence electrons. The lowest BCUT2D eigenvalue weighted by Gasteiger charge is -2.33. The van der Waals surface area contributed by atoms with Crippen LogP contribution in [0, 0.1) is 5.92 Å². The van der Waals surface area contributed by atoms with Crippen LogP contribution in [0.15, 0.2) is 18.2 Å². The standard InChI is InChI=1S/C24H32N4O5/c1-24(2,3)33-23(32)27-11-9-15(10-12-27)13-25-18-6-4-5-16-17(18)14-28(22(16)31)19-7-8-20(29)26-21(19)30/h4-6,15,19,25H,7-14H2,1-3H3,(H,26,29,30). The first-order valence-corrected chi connectivity index (χ1v) is 11.6. The zero-order valence-corrected chi connectivity index (χ0v) is 19.5. The number of benzene rings is 1. The number of hydrogen-bond donors (Lipinski definition) is 2. The van der Waals surface area contributed by atoms with E-state index in [-0.39, 0.29) is 24.3 Å². The fourth-order valence-corrected chi connectivity index (χ4v) is 4.65. The van der Waals surface area contributed by atoms with E-state index in [9.17, 15) is 19.2 Å². The predicted molar refractivity (Wildman–Crippen MR) is 122 cm³/mol. The van der Waals surface area contributed by atoms with Crippen molar-refractivity contribution in [2.45, 2.75) is 64.6 Å². The Morgan fingerprint density at radius 1 is 1.15 bits per heavy atom. The van der Waals surface area contributed by atoms with E-state index in [4.69, 9.17) is 4.74 Å². The Hall–Kier alpha value is -3.10. The molecule has 4 rings (SSSR count). The van der Waals surface area contributed by atoms with Crippen molar-refractivity contribution in [1.82, 2.24) is 15.1 Å². The second kappa shape index (κ2) is 9.03. The maximum Gasteiger partial charge on any atom is 0.410 e. The summed E-state index contributed by atoms with van der Waals surface area (Å²) in [4.78, 5) is 52.3. The van der Waals surface area contributed by atoms with Crippen molar-refractivity contribution in [3.63, 3.8) is 0 Å². The van der Waals surface area contributed by atoms with Crippen LogP contribution in [0.5, 0.6) is 0 Å². The molecule has 3 heterocycles. The van der Waals surface area contributed by atoms with E-state index < -0.39 is 17.6 Å². The minimum absolute atomic E-state index is 0.172. The molecule has 0 radical (unpaired) electrons. The van der Waals surface area contributed by atoms with Crippen molar-refractivity contribution in [3.8, 4) is 0 Å². The average Bonchev–Trinajstić information content (AvgIpc) is 3.08. The summed E-state index contributed by atoms with van der Waals surface area (Å²) in [6.07, 6.45) is 2.08. The average molecular weight is 457 g/mol. The van der Waals surface area contributed by atoms with Gasteiger partial charge in [-0.05, 0) is 58.1 Å². The van der Waals surface area contributed by atoms with Crippen LogP contribution in [0.2, 0.25) is 0 Å². The smallest absolute Gasteiger partial charge is 0.410 e. The van der Waals surface area contributed by atoms with E-state index in [1.54, 1.807) is 15.9 Å². The van der Waals surface area contributed by atoms with Gasteiger partial charge in [-0.1, -0.05) is 6.07 Å². The number of ether oxygens (including phenoxy) is 1. The first-order chi connectivity index (χ1) is 15.6. The zero-order chi connectivity index (χ0) is 23.8. The van der Waals surface area contributed by atoms with Gasteiger partial charge in [0, 0.05) is 49.4 Å². The second-order valence-electron chi connectivity index (χ2n) is 10.0.